The number of nitro groups is 1. The average molecular weight is 634 g/mol. The maximum Gasteiger partial charge on any atom is 0.330 e. The first-order valence-corrected chi connectivity index (χ1v) is 15.9. The summed E-state index contributed by atoms with van der Waals surface area (Å²) in [5, 5.41) is 12.2. The fraction of sp³-hybridized carbons (Fsp3) is 0.200. The summed E-state index contributed by atoms with van der Waals surface area (Å²) in [6.07, 6.45) is -1.02. The lowest BCUT2D eigenvalue weighted by atomic mass is 9.95. The van der Waals surface area contributed by atoms with Crippen LogP contribution in [0, 0.1) is 10.1 Å². The van der Waals surface area contributed by atoms with Gasteiger partial charge in [-0.1, -0.05) is 84.9 Å². The summed E-state index contributed by atoms with van der Waals surface area (Å²) in [4.78, 5) is 70.1. The van der Waals surface area contributed by atoms with Crippen molar-refractivity contribution >= 4 is 41.1 Å². The number of amides is 3. The molecule has 0 radical (unpaired) electrons. The van der Waals surface area contributed by atoms with Gasteiger partial charge in [-0.15, -0.1) is 0 Å². The van der Waals surface area contributed by atoms with Crippen LogP contribution in [0.5, 0.6) is 0 Å². The molecule has 3 aliphatic heterocycles. The highest BCUT2D eigenvalue weighted by molar-refractivity contribution is 7.99. The molecule has 0 spiro atoms. The van der Waals surface area contributed by atoms with Crippen molar-refractivity contribution < 1.29 is 28.8 Å². The number of esters is 1. The summed E-state index contributed by atoms with van der Waals surface area (Å²) >= 11 is 1.44. The molecule has 10 nitrogen and oxygen atoms in total. The summed E-state index contributed by atoms with van der Waals surface area (Å²) in [5.41, 5.74) is 2.36. The molecular formula is C35H27N3O7S. The van der Waals surface area contributed by atoms with Gasteiger partial charge in [0.1, 0.15) is 12.1 Å². The van der Waals surface area contributed by atoms with Gasteiger partial charge in [-0.05, 0) is 28.8 Å². The molecule has 0 saturated carbocycles. The van der Waals surface area contributed by atoms with E-state index in [0.717, 1.165) is 16.0 Å². The number of nitrogens with zero attached hydrogens (tertiary/aromatic N) is 3. The van der Waals surface area contributed by atoms with Gasteiger partial charge in [0.05, 0.1) is 22.1 Å². The smallest absolute Gasteiger partial charge is 0.330 e. The Bertz CT molecular complexity index is 1810. The first-order valence-electron chi connectivity index (χ1n) is 14.8. The molecule has 3 aliphatic rings. The fourth-order valence-corrected chi connectivity index (χ4v) is 7.84. The third kappa shape index (κ3) is 4.93. The Morgan fingerprint density at radius 2 is 1.37 bits per heavy atom. The maximum atomic E-state index is 14.7. The SMILES string of the molecule is O=C(OC(c1ccccc1)c1ccccc1)C1CSCC2c3cccc([N+](=O)[O-])c3CC(N3C(=O)c4ccccc4C3=O)C(=O)N12. The molecule has 3 atom stereocenters. The maximum absolute atomic E-state index is 14.7. The molecule has 0 bridgehead atoms. The second-order valence-corrected chi connectivity index (χ2v) is 12.4. The van der Waals surface area contributed by atoms with Crippen molar-refractivity contribution in [2.75, 3.05) is 11.5 Å². The molecular weight excluding hydrogens is 606 g/mol. The third-order valence-electron chi connectivity index (χ3n) is 8.75. The molecule has 1 fully saturated rings. The number of hydrogen-bond donors (Lipinski definition) is 0. The second-order valence-electron chi connectivity index (χ2n) is 11.3. The Hall–Kier alpha value is -5.29. The number of fused-ring (bicyclic) bond motifs is 4. The number of thioether (sulfide) groups is 1. The largest absolute Gasteiger partial charge is 0.451 e. The van der Waals surface area contributed by atoms with Crippen LogP contribution in [-0.2, 0) is 20.7 Å². The predicted octanol–water partition coefficient (Wildman–Crippen LogP) is 5.13. The Morgan fingerprint density at radius 1 is 0.783 bits per heavy atom. The molecule has 0 aromatic heterocycles. The van der Waals surface area contributed by atoms with E-state index in [9.17, 15) is 29.3 Å². The van der Waals surface area contributed by atoms with Gasteiger partial charge in [0.2, 0.25) is 5.91 Å². The second kappa shape index (κ2) is 11.9. The van der Waals surface area contributed by atoms with E-state index in [1.54, 1.807) is 24.3 Å². The van der Waals surface area contributed by atoms with Gasteiger partial charge in [0, 0.05) is 29.6 Å². The van der Waals surface area contributed by atoms with Crippen molar-refractivity contribution in [3.8, 4) is 0 Å². The summed E-state index contributed by atoms with van der Waals surface area (Å²) in [7, 11) is 0. The number of carbonyl (C=O) groups is 4. The third-order valence-corrected chi connectivity index (χ3v) is 9.85. The van der Waals surface area contributed by atoms with E-state index in [4.69, 9.17) is 4.74 Å². The highest BCUT2D eigenvalue weighted by Crippen LogP contribution is 2.43. The molecule has 0 N–H and O–H groups in total. The molecule has 230 valence electrons. The molecule has 11 heteroatoms. The highest BCUT2D eigenvalue weighted by Gasteiger charge is 2.52. The van der Waals surface area contributed by atoms with E-state index in [1.807, 2.05) is 60.7 Å². The molecule has 4 aromatic rings. The monoisotopic (exact) mass is 633 g/mol. The van der Waals surface area contributed by atoms with E-state index in [0.29, 0.717) is 11.3 Å². The van der Waals surface area contributed by atoms with Crippen LogP contribution in [0.2, 0.25) is 0 Å². The fourth-order valence-electron chi connectivity index (χ4n) is 6.62. The molecule has 3 heterocycles. The molecule has 3 unspecified atom stereocenters. The van der Waals surface area contributed by atoms with Crippen LogP contribution in [0.1, 0.15) is 55.1 Å². The van der Waals surface area contributed by atoms with Crippen LogP contribution >= 0.6 is 11.8 Å². The number of benzene rings is 4. The highest BCUT2D eigenvalue weighted by atomic mass is 32.2. The zero-order valence-electron chi connectivity index (χ0n) is 24.4. The Balaban J connectivity index is 1.31. The number of rotatable bonds is 6. The summed E-state index contributed by atoms with van der Waals surface area (Å²) in [5.74, 6) is -2.04. The van der Waals surface area contributed by atoms with Crippen LogP contribution in [-0.4, -0.2) is 62.0 Å². The topological polar surface area (TPSA) is 127 Å². The van der Waals surface area contributed by atoms with Crippen molar-refractivity contribution in [1.29, 1.82) is 0 Å². The molecule has 4 aromatic carbocycles. The molecule has 3 amide bonds. The summed E-state index contributed by atoms with van der Waals surface area (Å²) < 4.78 is 6.20. The Kier molecular flexibility index (Phi) is 7.61. The molecule has 0 aliphatic carbocycles. The summed E-state index contributed by atoms with van der Waals surface area (Å²) in [6, 6.07) is 26.2. The molecule has 1 saturated heterocycles. The van der Waals surface area contributed by atoms with E-state index in [-0.39, 0.29) is 34.6 Å². The van der Waals surface area contributed by atoms with Gasteiger partial charge in [-0.2, -0.15) is 11.8 Å². The van der Waals surface area contributed by atoms with Crippen molar-refractivity contribution in [2.24, 2.45) is 0 Å². The zero-order chi connectivity index (χ0) is 31.9. The minimum atomic E-state index is -1.41. The van der Waals surface area contributed by atoms with E-state index in [1.165, 1.54) is 34.9 Å². The minimum absolute atomic E-state index is 0.155. The number of carbonyl (C=O) groups excluding carboxylic acids is 4. The standard InChI is InChI=1S/C35H27N3O7S/c39-32-24-14-7-8-15-25(24)33(40)37(32)28-18-26-23(16-9-17-27(26)38(43)44)29-19-46-20-30(36(29)34(28)41)35(42)45-31(21-10-3-1-4-11-21)22-12-5-2-6-13-22/h1-17,28-31H,18-20H2. The van der Waals surface area contributed by atoms with Gasteiger partial charge in [0.15, 0.2) is 6.10 Å². The number of nitro benzene ring substituents is 1. The van der Waals surface area contributed by atoms with Crippen molar-refractivity contribution in [2.45, 2.75) is 30.7 Å². The molecule has 46 heavy (non-hydrogen) atoms. The van der Waals surface area contributed by atoms with Crippen LogP contribution in [0.4, 0.5) is 5.69 Å². The lowest BCUT2D eigenvalue weighted by Gasteiger charge is -2.42. The minimum Gasteiger partial charge on any atom is -0.451 e. The normalized spacial score (nSPS) is 20.5. The van der Waals surface area contributed by atoms with E-state index in [2.05, 4.69) is 0 Å². The van der Waals surface area contributed by atoms with Crippen molar-refractivity contribution in [1.82, 2.24) is 9.80 Å². The Morgan fingerprint density at radius 3 is 1.96 bits per heavy atom. The predicted molar refractivity (Wildman–Crippen MR) is 169 cm³/mol. The number of hydrogen-bond acceptors (Lipinski definition) is 8. The van der Waals surface area contributed by atoms with E-state index < -0.39 is 52.8 Å². The molecule has 7 rings (SSSR count). The lowest BCUT2D eigenvalue weighted by molar-refractivity contribution is -0.385. The number of imide groups is 1. The van der Waals surface area contributed by atoms with E-state index >= 15 is 0 Å². The lowest BCUT2D eigenvalue weighted by Crippen LogP contribution is -2.58. The number of ether oxygens (including phenoxy) is 1. The summed E-state index contributed by atoms with van der Waals surface area (Å²) in [6.45, 7) is 0. The van der Waals surface area contributed by atoms with Gasteiger partial charge >= 0.3 is 5.97 Å². The van der Waals surface area contributed by atoms with Crippen LogP contribution in [0.3, 0.4) is 0 Å². The van der Waals surface area contributed by atoms with Gasteiger partial charge in [-0.3, -0.25) is 29.4 Å². The Labute approximate surface area is 268 Å². The van der Waals surface area contributed by atoms with Crippen LogP contribution in [0.15, 0.2) is 103 Å². The van der Waals surface area contributed by atoms with Crippen molar-refractivity contribution in [3.63, 3.8) is 0 Å². The van der Waals surface area contributed by atoms with Gasteiger partial charge in [-0.25, -0.2) is 4.79 Å². The van der Waals surface area contributed by atoms with Crippen LogP contribution < -0.4 is 0 Å². The first-order chi connectivity index (χ1) is 22.3. The quantitative estimate of drug-likeness (QED) is 0.124. The average Bonchev–Trinajstić information content (AvgIpc) is 3.26. The van der Waals surface area contributed by atoms with Gasteiger partial charge < -0.3 is 9.64 Å². The van der Waals surface area contributed by atoms with Gasteiger partial charge in [0.25, 0.3) is 17.5 Å². The zero-order valence-corrected chi connectivity index (χ0v) is 25.2. The first kappa shape index (κ1) is 29.4. The van der Waals surface area contributed by atoms with Crippen molar-refractivity contribution in [3.05, 3.63) is 147 Å². The van der Waals surface area contributed by atoms with Crippen LogP contribution in [0.25, 0.3) is 0 Å².